The molecule has 0 saturated carbocycles. The number of rotatable bonds is 8. The van der Waals surface area contributed by atoms with Crippen molar-refractivity contribution in [1.82, 2.24) is 4.98 Å². The van der Waals surface area contributed by atoms with Crippen molar-refractivity contribution in [2.24, 2.45) is 10.8 Å². The van der Waals surface area contributed by atoms with Crippen molar-refractivity contribution in [1.29, 1.82) is 0 Å². The number of aliphatic hydroxyl groups is 1. The second-order valence-corrected chi connectivity index (χ2v) is 26.3. The van der Waals surface area contributed by atoms with Crippen molar-refractivity contribution in [2.45, 2.75) is 97.8 Å². The molecule has 0 spiro atoms. The summed E-state index contributed by atoms with van der Waals surface area (Å²) < 4.78 is 16.2. The van der Waals surface area contributed by atoms with E-state index >= 15 is 4.39 Å². The Morgan fingerprint density at radius 3 is 2.06 bits per heavy atom. The van der Waals surface area contributed by atoms with Crippen LogP contribution in [0.4, 0.5) is 4.39 Å². The second kappa shape index (κ2) is 15.7. The Hall–Kier alpha value is -2.60. The molecule has 1 heterocycles. The van der Waals surface area contributed by atoms with Crippen molar-refractivity contribution in [3.8, 4) is 22.4 Å². The van der Waals surface area contributed by atoms with E-state index in [0.717, 1.165) is 35.0 Å². The Morgan fingerprint density at radius 1 is 0.894 bits per heavy atom. The fourth-order valence-electron chi connectivity index (χ4n) is 4.82. The molecule has 1 N–H and O–H groups in total. The Balaban J connectivity index is 0.000000410. The number of hydrogen-bond acceptors (Lipinski definition) is 3. The minimum atomic E-state index is -2.07. The maximum absolute atomic E-state index is 15.0. The van der Waals surface area contributed by atoms with Gasteiger partial charge in [0.15, 0.2) is 5.78 Å². The van der Waals surface area contributed by atoms with Crippen molar-refractivity contribution in [3.63, 3.8) is 0 Å². The number of carbonyl (C=O) groups is 1. The summed E-state index contributed by atoms with van der Waals surface area (Å²) >= 11 is -2.07. The van der Waals surface area contributed by atoms with Gasteiger partial charge < -0.3 is 5.11 Å². The summed E-state index contributed by atoms with van der Waals surface area (Å²) in [5.41, 5.74) is 3.78. The second-order valence-electron chi connectivity index (χ2n) is 15.6. The standard InChI is InChI=1S/C28H29FGeN.C13H24O2.Ir/c1-28(2,3)25-16-21(15-19-9-7-8-10-23(19)25)27-17-20(13-14-31-27)24-12-11-22(18-26(24)29)30(4,5)6;1-7-12(3,4)10(14)9-11(15)13(5,6)8-2;/h7-14,16-18H,1-6H3;9,14H,7-8H2,1-6H3;/q-1;;/b;10-9-;. The zero-order valence-electron chi connectivity index (χ0n) is 30.4. The number of pyridine rings is 1. The summed E-state index contributed by atoms with van der Waals surface area (Å²) in [7, 11) is 0. The first-order valence-corrected chi connectivity index (χ1v) is 23.7. The third-order valence-corrected chi connectivity index (χ3v) is 13.4. The predicted octanol–water partition coefficient (Wildman–Crippen LogP) is 11.2. The molecule has 0 aliphatic rings. The first-order valence-electron chi connectivity index (χ1n) is 16.4. The SMILES string of the molecule is CC(C)(C)c1cc(-c2cc(-c3cc[c]([Ge]([CH3])([CH3])[CH3])cc3F)ccn2)[c-]c2ccccc12.CCC(C)(C)C(=O)/C=C(\O)C(C)(C)CC.[Ir]. The summed E-state index contributed by atoms with van der Waals surface area (Å²) in [6.07, 6.45) is 4.75. The van der Waals surface area contributed by atoms with Crippen LogP contribution in [0.25, 0.3) is 33.2 Å². The summed E-state index contributed by atoms with van der Waals surface area (Å²) in [5.74, 6) is 6.87. The van der Waals surface area contributed by atoms with Gasteiger partial charge >= 0.3 is 182 Å². The van der Waals surface area contributed by atoms with E-state index in [1.54, 1.807) is 12.3 Å². The zero-order chi connectivity index (χ0) is 34.7. The molecule has 4 rings (SSSR count). The number of benzene rings is 3. The predicted molar refractivity (Wildman–Crippen MR) is 197 cm³/mol. The van der Waals surface area contributed by atoms with Crippen LogP contribution >= 0.6 is 0 Å². The third kappa shape index (κ3) is 10.2. The number of fused-ring (bicyclic) bond motifs is 1. The molecule has 4 aromatic rings. The van der Waals surface area contributed by atoms with E-state index in [-0.39, 0.29) is 53.7 Å². The van der Waals surface area contributed by atoms with Gasteiger partial charge in [-0.15, -0.1) is 0 Å². The molecule has 0 atom stereocenters. The molecule has 6 heteroatoms. The van der Waals surface area contributed by atoms with Gasteiger partial charge in [0.2, 0.25) is 0 Å². The Kier molecular flexibility index (Phi) is 13.6. The number of allylic oxidation sites excluding steroid dienone is 2. The Bertz CT molecular complexity index is 1730. The van der Waals surface area contributed by atoms with Gasteiger partial charge in [-0.05, 0) is 12.8 Å². The quantitative estimate of drug-likeness (QED) is 0.0830. The number of halogens is 1. The van der Waals surface area contributed by atoms with E-state index in [2.05, 4.69) is 79.4 Å². The normalized spacial score (nSPS) is 12.7. The van der Waals surface area contributed by atoms with Crippen LogP contribution in [-0.2, 0) is 30.3 Å². The van der Waals surface area contributed by atoms with Gasteiger partial charge in [-0.25, -0.2) is 0 Å². The zero-order valence-corrected chi connectivity index (χ0v) is 34.8. The largest absolute Gasteiger partial charge is 0.512 e. The molecule has 3 nitrogen and oxygen atoms in total. The van der Waals surface area contributed by atoms with Gasteiger partial charge in [-0.2, -0.15) is 0 Å². The van der Waals surface area contributed by atoms with Crippen LogP contribution in [-0.4, -0.2) is 29.1 Å². The van der Waals surface area contributed by atoms with Gasteiger partial charge in [0, 0.05) is 37.0 Å². The molecule has 3 aromatic carbocycles. The van der Waals surface area contributed by atoms with E-state index in [9.17, 15) is 9.90 Å². The van der Waals surface area contributed by atoms with Crippen LogP contribution in [0, 0.1) is 22.7 Å². The van der Waals surface area contributed by atoms with Gasteiger partial charge in [-0.1, -0.05) is 47.6 Å². The van der Waals surface area contributed by atoms with Crippen LogP contribution in [0.2, 0.25) is 17.3 Å². The number of carbonyl (C=O) groups excluding carboxylic acids is 1. The van der Waals surface area contributed by atoms with Crippen LogP contribution in [0.5, 0.6) is 0 Å². The summed E-state index contributed by atoms with van der Waals surface area (Å²) in [5, 5.41) is 12.1. The molecule has 47 heavy (non-hydrogen) atoms. The van der Waals surface area contributed by atoms with Gasteiger partial charge in [0.05, 0.1) is 0 Å². The molecule has 255 valence electrons. The molecule has 0 saturated heterocycles. The van der Waals surface area contributed by atoms with E-state index in [1.165, 1.54) is 21.4 Å². The maximum Gasteiger partial charge on any atom is 0.164 e. The van der Waals surface area contributed by atoms with Crippen molar-refractivity contribution in [3.05, 3.63) is 96.1 Å². The molecule has 0 aliphatic heterocycles. The smallest absolute Gasteiger partial charge is 0.164 e. The minimum absolute atomic E-state index is 0. The van der Waals surface area contributed by atoms with Crippen LogP contribution in [0.3, 0.4) is 0 Å². The van der Waals surface area contributed by atoms with Gasteiger partial charge in [0.25, 0.3) is 0 Å². The van der Waals surface area contributed by atoms with Crippen LogP contribution < -0.4 is 4.40 Å². The molecule has 0 amide bonds. The number of aliphatic hydroxyl groups excluding tert-OH is 1. The van der Waals surface area contributed by atoms with Gasteiger partial charge in [0.1, 0.15) is 5.76 Å². The fraction of sp³-hybridized carbons (Fsp3) is 0.415. The van der Waals surface area contributed by atoms with Crippen molar-refractivity contribution in [2.75, 3.05) is 0 Å². The Labute approximate surface area is 299 Å². The molecular formula is C41H53FGeIrNO2-. The number of aromatic nitrogens is 1. The maximum atomic E-state index is 15.0. The average Bonchev–Trinajstić information content (AvgIpc) is 2.99. The van der Waals surface area contributed by atoms with Crippen LogP contribution in [0.1, 0.15) is 80.7 Å². The minimum Gasteiger partial charge on any atom is -0.512 e. The van der Waals surface area contributed by atoms with E-state index in [0.29, 0.717) is 5.56 Å². The first-order chi connectivity index (χ1) is 21.2. The summed E-state index contributed by atoms with van der Waals surface area (Å²) in [6.45, 7) is 18.3. The van der Waals surface area contributed by atoms with Crippen molar-refractivity contribution < 1.29 is 34.4 Å². The molecule has 0 fully saturated rings. The summed E-state index contributed by atoms with van der Waals surface area (Å²) in [4.78, 5) is 16.4. The van der Waals surface area contributed by atoms with E-state index in [4.69, 9.17) is 0 Å². The Morgan fingerprint density at radius 2 is 1.51 bits per heavy atom. The number of hydrogen-bond donors (Lipinski definition) is 1. The topological polar surface area (TPSA) is 50.2 Å². The number of ketones is 1. The van der Waals surface area contributed by atoms with E-state index in [1.807, 2.05) is 65.8 Å². The first kappa shape index (κ1) is 40.6. The monoisotopic (exact) mass is 877 g/mol. The van der Waals surface area contributed by atoms with Gasteiger partial charge in [-0.3, -0.25) is 4.79 Å². The molecular weight excluding hydrogens is 822 g/mol. The molecule has 1 aromatic heterocycles. The average molecular weight is 876 g/mol. The molecule has 0 unspecified atom stereocenters. The molecule has 1 radical (unpaired) electrons. The summed E-state index contributed by atoms with van der Waals surface area (Å²) in [6, 6.07) is 23.7. The van der Waals surface area contributed by atoms with Crippen molar-refractivity contribution >= 4 is 34.2 Å². The number of nitrogens with zero attached hydrogens (tertiary/aromatic N) is 1. The van der Waals surface area contributed by atoms with Crippen LogP contribution in [0.15, 0.2) is 78.7 Å². The third-order valence-electron chi connectivity index (χ3n) is 9.16. The van der Waals surface area contributed by atoms with E-state index < -0.39 is 13.3 Å². The molecule has 0 aliphatic carbocycles. The fourth-order valence-corrected chi connectivity index (χ4v) is 7.22. The molecule has 0 bridgehead atoms.